The first-order valence-corrected chi connectivity index (χ1v) is 8.94. The van der Waals surface area contributed by atoms with E-state index in [-0.39, 0.29) is 5.91 Å². The average Bonchev–Trinajstić information content (AvgIpc) is 3.02. The fourth-order valence-electron chi connectivity index (χ4n) is 2.49. The van der Waals surface area contributed by atoms with Crippen molar-refractivity contribution in [2.24, 2.45) is 0 Å². The highest BCUT2D eigenvalue weighted by Crippen LogP contribution is 2.27. The molecule has 0 aliphatic rings. The number of benzene rings is 2. The largest absolute Gasteiger partial charge is 0.411 e. The summed E-state index contributed by atoms with van der Waals surface area (Å²) >= 11 is 1.15. The molecule has 26 heavy (non-hydrogen) atoms. The van der Waals surface area contributed by atoms with Crippen LogP contribution in [0.1, 0.15) is 18.1 Å². The van der Waals surface area contributed by atoms with E-state index in [9.17, 15) is 9.18 Å². The lowest BCUT2D eigenvalue weighted by molar-refractivity contribution is -0.115. The molecule has 5 nitrogen and oxygen atoms in total. The number of rotatable bonds is 5. The van der Waals surface area contributed by atoms with Crippen LogP contribution in [0.5, 0.6) is 0 Å². The van der Waals surface area contributed by atoms with Gasteiger partial charge in [-0.05, 0) is 51.1 Å². The number of aromatic nitrogens is 2. The summed E-state index contributed by atoms with van der Waals surface area (Å²) in [6.45, 7) is 5.72. The highest BCUT2D eigenvalue weighted by molar-refractivity contribution is 8.00. The van der Waals surface area contributed by atoms with Crippen LogP contribution >= 0.6 is 11.8 Å². The monoisotopic (exact) mass is 371 g/mol. The molecule has 0 radical (unpaired) electrons. The van der Waals surface area contributed by atoms with Gasteiger partial charge in [-0.1, -0.05) is 35.0 Å². The second-order valence-electron chi connectivity index (χ2n) is 6.01. The molecule has 0 saturated heterocycles. The summed E-state index contributed by atoms with van der Waals surface area (Å²) in [5.41, 5.74) is 3.47. The number of carbonyl (C=O) groups is 1. The Morgan fingerprint density at radius 3 is 2.58 bits per heavy atom. The number of carbonyl (C=O) groups excluding carboxylic acids is 1. The van der Waals surface area contributed by atoms with Gasteiger partial charge in [-0.25, -0.2) is 4.39 Å². The maximum atomic E-state index is 13.2. The van der Waals surface area contributed by atoms with Crippen LogP contribution in [0, 0.1) is 19.7 Å². The number of hydrogen-bond donors (Lipinski definition) is 1. The first kappa shape index (κ1) is 18.1. The van der Waals surface area contributed by atoms with Crippen LogP contribution < -0.4 is 5.32 Å². The number of nitrogens with zero attached hydrogens (tertiary/aromatic N) is 2. The van der Waals surface area contributed by atoms with Crippen molar-refractivity contribution in [2.75, 3.05) is 5.32 Å². The molecule has 0 bridgehead atoms. The van der Waals surface area contributed by atoms with E-state index in [2.05, 4.69) is 21.6 Å². The Hall–Kier alpha value is -2.67. The molecule has 1 unspecified atom stereocenters. The predicted molar refractivity (Wildman–Crippen MR) is 99.6 cm³/mol. The number of aryl methyl sites for hydroxylation is 2. The number of anilines is 1. The van der Waals surface area contributed by atoms with E-state index >= 15 is 0 Å². The second-order valence-corrected chi connectivity index (χ2v) is 7.30. The topological polar surface area (TPSA) is 68.0 Å². The molecule has 134 valence electrons. The molecule has 0 fully saturated rings. The number of hydrogen-bond acceptors (Lipinski definition) is 5. The predicted octanol–water partition coefficient (Wildman–Crippen LogP) is 4.61. The minimum atomic E-state index is -0.481. The lowest BCUT2D eigenvalue weighted by atomic mass is 10.1. The van der Waals surface area contributed by atoms with Crippen LogP contribution in [0.2, 0.25) is 0 Å². The van der Waals surface area contributed by atoms with Crippen LogP contribution in [-0.4, -0.2) is 21.4 Å². The van der Waals surface area contributed by atoms with Crippen molar-refractivity contribution in [1.29, 1.82) is 0 Å². The minimum absolute atomic E-state index is 0.272. The molecule has 0 spiro atoms. The fourth-order valence-corrected chi connectivity index (χ4v) is 3.17. The summed E-state index contributed by atoms with van der Waals surface area (Å²) in [6.07, 6.45) is 0. The minimum Gasteiger partial charge on any atom is -0.411 e. The quantitative estimate of drug-likeness (QED) is 0.663. The van der Waals surface area contributed by atoms with Crippen molar-refractivity contribution in [3.05, 3.63) is 59.4 Å². The summed E-state index contributed by atoms with van der Waals surface area (Å²) < 4.78 is 18.9. The zero-order valence-electron chi connectivity index (χ0n) is 14.6. The Bertz CT molecular complexity index is 922. The number of amides is 1. The highest BCUT2D eigenvalue weighted by Gasteiger charge is 2.19. The maximum absolute atomic E-state index is 13.2. The van der Waals surface area contributed by atoms with Crippen molar-refractivity contribution in [1.82, 2.24) is 10.2 Å². The number of halogens is 1. The Morgan fingerprint density at radius 1 is 1.15 bits per heavy atom. The number of nitrogens with one attached hydrogen (secondary N) is 1. The van der Waals surface area contributed by atoms with E-state index in [1.807, 2.05) is 26.0 Å². The van der Waals surface area contributed by atoms with Gasteiger partial charge in [-0.2, -0.15) is 0 Å². The van der Waals surface area contributed by atoms with Crippen molar-refractivity contribution >= 4 is 23.4 Å². The lowest BCUT2D eigenvalue weighted by Gasteiger charge is -2.09. The molecule has 3 aromatic rings. The fraction of sp³-hybridized carbons (Fsp3) is 0.211. The highest BCUT2D eigenvalue weighted by atomic mass is 32.2. The Labute approximate surface area is 155 Å². The molecule has 0 aliphatic carbocycles. The smallest absolute Gasteiger partial charge is 0.277 e. The standard InChI is InChI=1S/C19H18FN3O2S/c1-11-7-12(2)9-14(8-11)18-22-23-19(25-18)26-13(3)17(24)21-16-6-4-5-15(20)10-16/h4-10,13H,1-3H3,(H,21,24). The average molecular weight is 371 g/mol. The SMILES string of the molecule is Cc1cc(C)cc(-c2nnc(SC(C)C(=O)Nc3cccc(F)c3)o2)c1. The molecule has 2 aromatic carbocycles. The van der Waals surface area contributed by atoms with E-state index in [1.54, 1.807) is 13.0 Å². The van der Waals surface area contributed by atoms with Crippen molar-refractivity contribution in [3.8, 4) is 11.5 Å². The van der Waals surface area contributed by atoms with Crippen LogP contribution in [-0.2, 0) is 4.79 Å². The van der Waals surface area contributed by atoms with Gasteiger partial charge in [-0.3, -0.25) is 4.79 Å². The van der Waals surface area contributed by atoms with Crippen LogP contribution in [0.4, 0.5) is 10.1 Å². The van der Waals surface area contributed by atoms with Crippen LogP contribution in [0.25, 0.3) is 11.5 Å². The van der Waals surface area contributed by atoms with Crippen molar-refractivity contribution in [3.63, 3.8) is 0 Å². The summed E-state index contributed by atoms with van der Waals surface area (Å²) in [5.74, 6) is -0.262. The van der Waals surface area contributed by atoms with Gasteiger partial charge in [0.2, 0.25) is 11.8 Å². The molecular weight excluding hydrogens is 353 g/mol. The van der Waals surface area contributed by atoms with E-state index in [1.165, 1.54) is 18.2 Å². The molecule has 7 heteroatoms. The zero-order valence-corrected chi connectivity index (χ0v) is 15.4. The molecular formula is C19H18FN3O2S. The molecule has 0 aliphatic heterocycles. The summed E-state index contributed by atoms with van der Waals surface area (Å²) in [6, 6.07) is 11.7. The van der Waals surface area contributed by atoms with Crippen LogP contribution in [0.3, 0.4) is 0 Å². The molecule has 1 aromatic heterocycles. The van der Waals surface area contributed by atoms with Crippen molar-refractivity contribution in [2.45, 2.75) is 31.2 Å². The van der Waals surface area contributed by atoms with Gasteiger partial charge in [0.15, 0.2) is 0 Å². The van der Waals surface area contributed by atoms with Crippen molar-refractivity contribution < 1.29 is 13.6 Å². The normalized spacial score (nSPS) is 12.0. The Kier molecular flexibility index (Phi) is 5.37. The van der Waals surface area contributed by atoms with Gasteiger partial charge >= 0.3 is 0 Å². The Morgan fingerprint density at radius 2 is 1.88 bits per heavy atom. The van der Waals surface area contributed by atoms with E-state index in [0.29, 0.717) is 16.8 Å². The third kappa shape index (κ3) is 4.49. The zero-order chi connectivity index (χ0) is 18.7. The third-order valence-electron chi connectivity index (χ3n) is 3.61. The first-order chi connectivity index (χ1) is 12.4. The van der Waals surface area contributed by atoms with Gasteiger partial charge < -0.3 is 9.73 Å². The van der Waals surface area contributed by atoms with E-state index in [0.717, 1.165) is 28.5 Å². The van der Waals surface area contributed by atoms with Gasteiger partial charge in [0.25, 0.3) is 5.22 Å². The molecule has 3 rings (SSSR count). The summed E-state index contributed by atoms with van der Waals surface area (Å²) in [4.78, 5) is 12.2. The van der Waals surface area contributed by atoms with Gasteiger partial charge in [0.05, 0.1) is 5.25 Å². The maximum Gasteiger partial charge on any atom is 0.277 e. The van der Waals surface area contributed by atoms with Gasteiger partial charge in [0.1, 0.15) is 5.82 Å². The second kappa shape index (κ2) is 7.70. The molecule has 1 N–H and O–H groups in total. The van der Waals surface area contributed by atoms with Gasteiger partial charge in [0, 0.05) is 11.3 Å². The van der Waals surface area contributed by atoms with Crippen LogP contribution in [0.15, 0.2) is 52.1 Å². The first-order valence-electron chi connectivity index (χ1n) is 8.06. The summed E-state index contributed by atoms with van der Waals surface area (Å²) in [7, 11) is 0. The van der Waals surface area contributed by atoms with E-state index < -0.39 is 11.1 Å². The molecule has 1 heterocycles. The number of thioether (sulfide) groups is 1. The van der Waals surface area contributed by atoms with Gasteiger partial charge in [-0.15, -0.1) is 10.2 Å². The Balaban J connectivity index is 1.67. The van der Waals surface area contributed by atoms with E-state index in [4.69, 9.17) is 4.42 Å². The molecule has 1 atom stereocenters. The summed E-state index contributed by atoms with van der Waals surface area (Å²) in [5, 5.41) is 10.6. The molecule has 0 saturated carbocycles. The third-order valence-corrected chi connectivity index (χ3v) is 4.55. The lowest BCUT2D eigenvalue weighted by Crippen LogP contribution is -2.22. The molecule has 1 amide bonds.